The van der Waals surface area contributed by atoms with E-state index < -0.39 is 15.9 Å². The van der Waals surface area contributed by atoms with Gasteiger partial charge in [0.05, 0.1) is 24.3 Å². The van der Waals surface area contributed by atoms with E-state index in [2.05, 4.69) is 10.0 Å². The van der Waals surface area contributed by atoms with Gasteiger partial charge in [0.25, 0.3) is 15.9 Å². The second-order valence-corrected chi connectivity index (χ2v) is 8.50. The average Bonchev–Trinajstić information content (AvgIpc) is 2.75. The van der Waals surface area contributed by atoms with Gasteiger partial charge in [-0.2, -0.15) is 0 Å². The molecule has 0 bridgehead atoms. The van der Waals surface area contributed by atoms with Crippen molar-refractivity contribution in [2.45, 2.75) is 11.8 Å². The largest absolute Gasteiger partial charge is 0.497 e. The van der Waals surface area contributed by atoms with Crippen LogP contribution in [0.4, 0.5) is 11.4 Å². The highest BCUT2D eigenvalue weighted by Gasteiger charge is 2.18. The second kappa shape index (κ2) is 9.72. The van der Waals surface area contributed by atoms with Crippen LogP contribution in [0.25, 0.3) is 0 Å². The average molecular weight is 461 g/mol. The van der Waals surface area contributed by atoms with Crippen molar-refractivity contribution in [3.8, 4) is 11.5 Å². The summed E-state index contributed by atoms with van der Waals surface area (Å²) in [6.45, 7) is 2.14. The fraction of sp³-hybridized carbons (Fsp3) is 0.136. The Labute approximate surface area is 186 Å². The maximum atomic E-state index is 12.9. The number of benzene rings is 3. The van der Waals surface area contributed by atoms with Gasteiger partial charge in [-0.05, 0) is 73.7 Å². The molecule has 3 aromatic rings. The van der Waals surface area contributed by atoms with E-state index in [-0.39, 0.29) is 10.6 Å². The maximum absolute atomic E-state index is 12.9. The first-order valence-corrected chi connectivity index (χ1v) is 11.2. The number of ether oxygens (including phenoxy) is 2. The molecule has 0 unspecified atom stereocenters. The van der Waals surface area contributed by atoms with E-state index in [1.54, 1.807) is 55.5 Å². The smallest absolute Gasteiger partial charge is 0.261 e. The van der Waals surface area contributed by atoms with Crippen LogP contribution < -0.4 is 19.5 Å². The van der Waals surface area contributed by atoms with Crippen LogP contribution in [0.3, 0.4) is 0 Å². The predicted octanol–water partition coefficient (Wildman–Crippen LogP) is 4.80. The zero-order chi connectivity index (χ0) is 22.4. The molecule has 2 N–H and O–H groups in total. The Morgan fingerprint density at radius 2 is 1.68 bits per heavy atom. The van der Waals surface area contributed by atoms with Crippen LogP contribution in [0.2, 0.25) is 5.02 Å². The van der Waals surface area contributed by atoms with E-state index in [9.17, 15) is 13.2 Å². The maximum Gasteiger partial charge on any atom is 0.261 e. The SMILES string of the molecule is CCOc1ccc(S(=O)(=O)Nc2ccc(OC)cc2)cc1NC(=O)c1ccc(Cl)cc1. The number of halogens is 1. The van der Waals surface area contributed by atoms with Crippen molar-refractivity contribution in [1.82, 2.24) is 0 Å². The second-order valence-electron chi connectivity index (χ2n) is 6.39. The fourth-order valence-corrected chi connectivity index (χ4v) is 3.93. The highest BCUT2D eigenvalue weighted by atomic mass is 35.5. The first kappa shape index (κ1) is 22.5. The van der Waals surface area contributed by atoms with Crippen molar-refractivity contribution in [3.05, 3.63) is 77.3 Å². The number of methoxy groups -OCH3 is 1. The minimum Gasteiger partial charge on any atom is -0.497 e. The molecule has 162 valence electrons. The zero-order valence-corrected chi connectivity index (χ0v) is 18.5. The van der Waals surface area contributed by atoms with Crippen molar-refractivity contribution in [2.75, 3.05) is 23.8 Å². The number of hydrogen-bond acceptors (Lipinski definition) is 5. The quantitative estimate of drug-likeness (QED) is 0.503. The zero-order valence-electron chi connectivity index (χ0n) is 16.9. The van der Waals surface area contributed by atoms with Gasteiger partial charge in [0, 0.05) is 16.3 Å². The topological polar surface area (TPSA) is 93.7 Å². The molecular formula is C22H21ClN2O5S. The molecule has 0 aliphatic heterocycles. The Morgan fingerprint density at radius 3 is 2.29 bits per heavy atom. The molecule has 0 saturated carbocycles. The molecule has 1 amide bonds. The summed E-state index contributed by atoms with van der Waals surface area (Å²) in [5, 5.41) is 3.21. The lowest BCUT2D eigenvalue weighted by Gasteiger charge is -2.14. The summed E-state index contributed by atoms with van der Waals surface area (Å²) in [6, 6.07) is 17.1. The standard InChI is InChI=1S/C22H21ClN2O5S/c1-3-30-21-13-12-19(31(27,28)25-17-8-10-18(29-2)11-9-17)14-20(21)24-22(26)15-4-6-16(23)7-5-15/h4-14,25H,3H2,1-2H3,(H,24,26). The van der Waals surface area contributed by atoms with E-state index in [1.165, 1.54) is 25.3 Å². The lowest BCUT2D eigenvalue weighted by molar-refractivity contribution is 0.102. The Kier molecular flexibility index (Phi) is 7.04. The first-order valence-electron chi connectivity index (χ1n) is 9.33. The molecule has 0 aliphatic carbocycles. The monoisotopic (exact) mass is 460 g/mol. The molecule has 9 heteroatoms. The van der Waals surface area contributed by atoms with Gasteiger partial charge in [-0.15, -0.1) is 0 Å². The summed E-state index contributed by atoms with van der Waals surface area (Å²) in [7, 11) is -2.38. The van der Waals surface area contributed by atoms with Crippen molar-refractivity contribution >= 4 is 38.9 Å². The van der Waals surface area contributed by atoms with Gasteiger partial charge in [-0.3, -0.25) is 9.52 Å². The van der Waals surface area contributed by atoms with Gasteiger partial charge in [-0.1, -0.05) is 11.6 Å². The van der Waals surface area contributed by atoms with Crippen LogP contribution in [0, 0.1) is 0 Å². The van der Waals surface area contributed by atoms with Crippen LogP contribution >= 0.6 is 11.6 Å². The summed E-state index contributed by atoms with van der Waals surface area (Å²) in [6.07, 6.45) is 0. The molecular weight excluding hydrogens is 440 g/mol. The number of anilines is 2. The van der Waals surface area contributed by atoms with E-state index in [1.807, 2.05) is 0 Å². The third kappa shape index (κ3) is 5.68. The molecule has 0 aromatic heterocycles. The van der Waals surface area contributed by atoms with Crippen LogP contribution in [-0.2, 0) is 10.0 Å². The molecule has 0 spiro atoms. The Morgan fingerprint density at radius 1 is 1.00 bits per heavy atom. The van der Waals surface area contributed by atoms with Crippen molar-refractivity contribution in [1.29, 1.82) is 0 Å². The van der Waals surface area contributed by atoms with Gasteiger partial charge in [0.15, 0.2) is 0 Å². The lowest BCUT2D eigenvalue weighted by Crippen LogP contribution is -2.16. The number of rotatable bonds is 8. The van der Waals surface area contributed by atoms with Crippen LogP contribution in [0.5, 0.6) is 11.5 Å². The highest BCUT2D eigenvalue weighted by Crippen LogP contribution is 2.29. The molecule has 0 atom stereocenters. The summed E-state index contributed by atoms with van der Waals surface area (Å²) < 4.78 is 38.8. The number of carbonyl (C=O) groups is 1. The van der Waals surface area contributed by atoms with Crippen LogP contribution in [-0.4, -0.2) is 28.0 Å². The van der Waals surface area contributed by atoms with E-state index in [4.69, 9.17) is 21.1 Å². The van der Waals surface area contributed by atoms with Gasteiger partial charge < -0.3 is 14.8 Å². The Balaban J connectivity index is 1.88. The molecule has 3 rings (SSSR count). The third-order valence-electron chi connectivity index (χ3n) is 4.26. The van der Waals surface area contributed by atoms with Crippen molar-refractivity contribution in [2.24, 2.45) is 0 Å². The van der Waals surface area contributed by atoms with E-state index in [0.29, 0.717) is 34.4 Å². The van der Waals surface area contributed by atoms with Crippen LogP contribution in [0.15, 0.2) is 71.6 Å². The predicted molar refractivity (Wildman–Crippen MR) is 121 cm³/mol. The Hall–Kier alpha value is -3.23. The van der Waals surface area contributed by atoms with Crippen molar-refractivity contribution < 1.29 is 22.7 Å². The summed E-state index contributed by atoms with van der Waals surface area (Å²) in [4.78, 5) is 12.6. The lowest BCUT2D eigenvalue weighted by atomic mass is 10.2. The summed E-state index contributed by atoms with van der Waals surface area (Å²) in [5.41, 5.74) is 0.984. The molecule has 3 aromatic carbocycles. The summed E-state index contributed by atoms with van der Waals surface area (Å²) >= 11 is 5.87. The van der Waals surface area contributed by atoms with Gasteiger partial charge >= 0.3 is 0 Å². The molecule has 0 aliphatic rings. The molecule has 0 saturated heterocycles. The number of nitrogens with one attached hydrogen (secondary N) is 2. The minimum atomic E-state index is -3.91. The molecule has 7 nitrogen and oxygen atoms in total. The van der Waals surface area contributed by atoms with Gasteiger partial charge in [0.1, 0.15) is 11.5 Å². The third-order valence-corrected chi connectivity index (χ3v) is 5.89. The first-order chi connectivity index (χ1) is 14.8. The fourth-order valence-electron chi connectivity index (χ4n) is 2.72. The minimum absolute atomic E-state index is 0.0295. The van der Waals surface area contributed by atoms with Crippen molar-refractivity contribution in [3.63, 3.8) is 0 Å². The van der Waals surface area contributed by atoms with E-state index >= 15 is 0 Å². The molecule has 0 heterocycles. The normalized spacial score (nSPS) is 10.9. The number of hydrogen-bond donors (Lipinski definition) is 2. The number of sulfonamides is 1. The number of carbonyl (C=O) groups excluding carboxylic acids is 1. The summed E-state index contributed by atoms with van der Waals surface area (Å²) in [5.74, 6) is 0.541. The molecule has 0 radical (unpaired) electrons. The van der Waals surface area contributed by atoms with Gasteiger partial charge in [0.2, 0.25) is 0 Å². The highest BCUT2D eigenvalue weighted by molar-refractivity contribution is 7.92. The number of amides is 1. The van der Waals surface area contributed by atoms with E-state index in [0.717, 1.165) is 0 Å². The molecule has 0 fully saturated rings. The Bertz CT molecular complexity index is 1160. The van der Waals surface area contributed by atoms with Gasteiger partial charge in [-0.25, -0.2) is 8.42 Å². The molecule has 31 heavy (non-hydrogen) atoms. The van der Waals surface area contributed by atoms with Crippen LogP contribution in [0.1, 0.15) is 17.3 Å².